The lowest BCUT2D eigenvalue weighted by molar-refractivity contribution is -0.0283. The predicted molar refractivity (Wildman–Crippen MR) is 137 cm³/mol. The van der Waals surface area contributed by atoms with E-state index in [9.17, 15) is 4.79 Å². The Labute approximate surface area is 205 Å². The number of carbonyl (C=O) groups excluding carboxylic acids is 1. The summed E-state index contributed by atoms with van der Waals surface area (Å²) in [5.41, 5.74) is 5.51. The summed E-state index contributed by atoms with van der Waals surface area (Å²) in [5.74, 6) is 6.64. The van der Waals surface area contributed by atoms with Crippen LogP contribution < -0.4 is 0 Å². The van der Waals surface area contributed by atoms with Crippen LogP contribution in [0.25, 0.3) is 22.0 Å². The van der Waals surface area contributed by atoms with Crippen molar-refractivity contribution in [3.8, 4) is 23.0 Å². The second kappa shape index (κ2) is 8.68. The number of aromatic nitrogens is 3. The average molecular weight is 462 g/mol. The number of fused-ring (bicyclic) bond motifs is 1. The monoisotopic (exact) mass is 461 g/mol. The molecule has 0 atom stereocenters. The first-order valence-electron chi connectivity index (χ1n) is 12.1. The molecule has 2 aromatic heterocycles. The SMILES string of the molecule is CN1CCC2(CC1)CN(C(=O)c1ccc3n[nH]c(C#Cc4ccccc4-c4cccnc4)c3c1)C2. The summed E-state index contributed by atoms with van der Waals surface area (Å²) in [6.45, 7) is 3.96. The Morgan fingerprint density at radius 1 is 1.03 bits per heavy atom. The number of carbonyl (C=O) groups is 1. The Bertz CT molecular complexity index is 1450. The van der Waals surface area contributed by atoms with Crippen molar-refractivity contribution >= 4 is 16.8 Å². The molecule has 0 saturated carbocycles. The van der Waals surface area contributed by atoms with Crippen LogP contribution in [0.1, 0.15) is 34.5 Å². The average Bonchev–Trinajstić information content (AvgIpc) is 3.29. The van der Waals surface area contributed by atoms with Gasteiger partial charge in [0.2, 0.25) is 0 Å². The van der Waals surface area contributed by atoms with Crippen molar-refractivity contribution in [1.29, 1.82) is 0 Å². The number of piperidine rings is 1. The fourth-order valence-electron chi connectivity index (χ4n) is 5.23. The molecule has 1 N–H and O–H groups in total. The van der Waals surface area contributed by atoms with E-state index in [-0.39, 0.29) is 5.91 Å². The number of nitrogens with one attached hydrogen (secondary N) is 1. The molecule has 0 bridgehead atoms. The number of hydrogen-bond donors (Lipinski definition) is 1. The number of benzene rings is 2. The van der Waals surface area contributed by atoms with E-state index < -0.39 is 0 Å². The highest BCUT2D eigenvalue weighted by Gasteiger charge is 2.46. The Hall–Kier alpha value is -3.95. The second-order valence-electron chi connectivity index (χ2n) is 9.83. The number of amides is 1. The molecule has 2 aliphatic heterocycles. The van der Waals surface area contributed by atoms with Crippen LogP contribution in [0.4, 0.5) is 0 Å². The molecule has 0 unspecified atom stereocenters. The van der Waals surface area contributed by atoms with E-state index in [0.29, 0.717) is 16.7 Å². The van der Waals surface area contributed by atoms with Crippen molar-refractivity contribution in [3.05, 3.63) is 83.8 Å². The Morgan fingerprint density at radius 2 is 1.86 bits per heavy atom. The molecule has 6 rings (SSSR count). The molecule has 1 spiro atoms. The molecule has 2 saturated heterocycles. The zero-order valence-electron chi connectivity index (χ0n) is 19.8. The number of H-pyrrole nitrogens is 1. The summed E-state index contributed by atoms with van der Waals surface area (Å²) in [6, 6.07) is 17.7. The number of nitrogens with zero attached hydrogens (tertiary/aromatic N) is 4. The third kappa shape index (κ3) is 4.09. The number of rotatable bonds is 2. The summed E-state index contributed by atoms with van der Waals surface area (Å²) in [5, 5.41) is 8.32. The molecule has 6 nitrogen and oxygen atoms in total. The van der Waals surface area contributed by atoms with Crippen molar-refractivity contribution in [2.24, 2.45) is 5.41 Å². The Morgan fingerprint density at radius 3 is 2.66 bits per heavy atom. The molecule has 0 radical (unpaired) electrons. The number of hydrogen-bond acceptors (Lipinski definition) is 4. The van der Waals surface area contributed by atoms with Gasteiger partial charge in [-0.3, -0.25) is 14.9 Å². The van der Waals surface area contributed by atoms with Crippen LogP contribution in [0.2, 0.25) is 0 Å². The van der Waals surface area contributed by atoms with Gasteiger partial charge in [-0.15, -0.1) is 0 Å². The predicted octanol–water partition coefficient (Wildman–Crippen LogP) is 4.19. The fraction of sp³-hybridized carbons (Fsp3) is 0.276. The minimum Gasteiger partial charge on any atom is -0.337 e. The second-order valence-corrected chi connectivity index (χ2v) is 9.83. The standard InChI is InChI=1S/C29H27N5O/c1-33-15-12-29(13-16-33)19-34(20-29)28(35)22-9-11-27-25(17-22)26(31-32-27)10-8-21-5-2-3-7-24(21)23-6-4-14-30-18-23/h2-7,9,11,14,17-18H,12-13,15-16,19-20H2,1H3,(H,31,32). The Balaban J connectivity index is 1.25. The van der Waals surface area contributed by atoms with Gasteiger partial charge >= 0.3 is 0 Å². The van der Waals surface area contributed by atoms with Crippen molar-refractivity contribution in [2.45, 2.75) is 12.8 Å². The first kappa shape index (κ1) is 21.6. The summed E-state index contributed by atoms with van der Waals surface area (Å²) in [6.07, 6.45) is 5.96. The smallest absolute Gasteiger partial charge is 0.253 e. The first-order valence-corrected chi connectivity index (χ1v) is 12.1. The normalized spacial score (nSPS) is 17.1. The minimum atomic E-state index is 0.0958. The van der Waals surface area contributed by atoms with Gasteiger partial charge in [-0.25, -0.2) is 0 Å². The molecule has 174 valence electrons. The van der Waals surface area contributed by atoms with E-state index in [1.54, 1.807) is 6.20 Å². The van der Waals surface area contributed by atoms with Crippen LogP contribution in [-0.4, -0.2) is 64.1 Å². The molecule has 2 aliphatic rings. The number of pyridine rings is 1. The van der Waals surface area contributed by atoms with Gasteiger partial charge in [-0.2, -0.15) is 5.10 Å². The molecule has 35 heavy (non-hydrogen) atoms. The van der Waals surface area contributed by atoms with Gasteiger partial charge in [-0.1, -0.05) is 30.2 Å². The van der Waals surface area contributed by atoms with E-state index in [0.717, 1.165) is 53.8 Å². The summed E-state index contributed by atoms with van der Waals surface area (Å²) in [7, 11) is 2.17. The summed E-state index contributed by atoms with van der Waals surface area (Å²) < 4.78 is 0. The van der Waals surface area contributed by atoms with Crippen LogP contribution in [-0.2, 0) is 0 Å². The maximum Gasteiger partial charge on any atom is 0.253 e. The molecule has 1 amide bonds. The zero-order chi connectivity index (χ0) is 23.8. The lowest BCUT2D eigenvalue weighted by atomic mass is 9.72. The van der Waals surface area contributed by atoms with Gasteiger partial charge < -0.3 is 9.80 Å². The van der Waals surface area contributed by atoms with E-state index in [4.69, 9.17) is 0 Å². The lowest BCUT2D eigenvalue weighted by Crippen LogP contribution is -2.61. The lowest BCUT2D eigenvalue weighted by Gasteiger charge is -2.53. The van der Waals surface area contributed by atoms with E-state index in [2.05, 4.69) is 39.0 Å². The fourth-order valence-corrected chi connectivity index (χ4v) is 5.23. The molecule has 4 heterocycles. The topological polar surface area (TPSA) is 65.1 Å². The van der Waals surface area contributed by atoms with Crippen LogP contribution in [0.3, 0.4) is 0 Å². The van der Waals surface area contributed by atoms with E-state index in [1.165, 1.54) is 12.8 Å². The third-order valence-corrected chi connectivity index (χ3v) is 7.41. The van der Waals surface area contributed by atoms with Crippen molar-refractivity contribution in [1.82, 2.24) is 25.0 Å². The maximum atomic E-state index is 13.2. The number of likely N-dealkylation sites (tertiary alicyclic amines) is 2. The first-order chi connectivity index (χ1) is 17.1. The van der Waals surface area contributed by atoms with Gasteiger partial charge in [0, 0.05) is 53.0 Å². The van der Waals surface area contributed by atoms with Crippen LogP contribution in [0, 0.1) is 17.3 Å². The molecule has 2 fully saturated rings. The van der Waals surface area contributed by atoms with Crippen LogP contribution >= 0.6 is 0 Å². The van der Waals surface area contributed by atoms with Crippen LogP contribution in [0.5, 0.6) is 0 Å². The molecule has 4 aromatic rings. The molecule has 6 heteroatoms. The van der Waals surface area contributed by atoms with Crippen molar-refractivity contribution in [2.75, 3.05) is 33.2 Å². The van der Waals surface area contributed by atoms with Crippen LogP contribution in [0.15, 0.2) is 67.0 Å². The molecule has 2 aromatic carbocycles. The highest BCUT2D eigenvalue weighted by atomic mass is 16.2. The molecule has 0 aliphatic carbocycles. The quantitative estimate of drug-likeness (QED) is 0.455. The Kier molecular flexibility index (Phi) is 5.35. The van der Waals surface area contributed by atoms with Gasteiger partial charge in [0.1, 0.15) is 5.69 Å². The highest BCUT2D eigenvalue weighted by molar-refractivity contribution is 5.99. The van der Waals surface area contributed by atoms with Gasteiger partial charge in [0.15, 0.2) is 0 Å². The summed E-state index contributed by atoms with van der Waals surface area (Å²) in [4.78, 5) is 21.8. The summed E-state index contributed by atoms with van der Waals surface area (Å²) >= 11 is 0. The van der Waals surface area contributed by atoms with Gasteiger partial charge in [0.25, 0.3) is 5.91 Å². The van der Waals surface area contributed by atoms with Crippen molar-refractivity contribution < 1.29 is 4.79 Å². The minimum absolute atomic E-state index is 0.0958. The largest absolute Gasteiger partial charge is 0.337 e. The third-order valence-electron chi connectivity index (χ3n) is 7.41. The molecular weight excluding hydrogens is 434 g/mol. The van der Waals surface area contributed by atoms with E-state index in [1.807, 2.05) is 65.7 Å². The van der Waals surface area contributed by atoms with E-state index >= 15 is 0 Å². The highest BCUT2D eigenvalue weighted by Crippen LogP contribution is 2.40. The number of aromatic amines is 1. The van der Waals surface area contributed by atoms with Gasteiger partial charge in [-0.05, 0) is 74.8 Å². The van der Waals surface area contributed by atoms with Gasteiger partial charge in [0.05, 0.1) is 5.52 Å². The molecular formula is C29H27N5O. The zero-order valence-corrected chi connectivity index (χ0v) is 19.8. The maximum absolute atomic E-state index is 13.2. The van der Waals surface area contributed by atoms with Crippen molar-refractivity contribution in [3.63, 3.8) is 0 Å².